The lowest BCUT2D eigenvalue weighted by molar-refractivity contribution is -0.122. The molecular formula is C19H27Br2N3OS. The maximum atomic E-state index is 11.7. The molecule has 0 radical (unpaired) electrons. The molecule has 2 fully saturated rings. The summed E-state index contributed by atoms with van der Waals surface area (Å²) in [6.07, 6.45) is 8.74. The van der Waals surface area contributed by atoms with Crippen molar-refractivity contribution in [1.82, 2.24) is 9.80 Å². The SMILES string of the molecule is Br.CN1C(=NC2CCCCCC2)SCC1N(C=O)Cc1cccc(Br)c1. The van der Waals surface area contributed by atoms with Gasteiger partial charge in [0.25, 0.3) is 0 Å². The number of amides is 1. The van der Waals surface area contributed by atoms with Crippen molar-refractivity contribution in [2.75, 3.05) is 12.8 Å². The van der Waals surface area contributed by atoms with Crippen LogP contribution in [0.15, 0.2) is 33.7 Å². The highest BCUT2D eigenvalue weighted by molar-refractivity contribution is 9.10. The zero-order valence-corrected chi connectivity index (χ0v) is 19.3. The largest absolute Gasteiger partial charge is 0.333 e. The van der Waals surface area contributed by atoms with Crippen LogP contribution >= 0.6 is 44.7 Å². The maximum Gasteiger partial charge on any atom is 0.211 e. The molecule has 1 saturated carbocycles. The topological polar surface area (TPSA) is 35.9 Å². The number of hydrogen-bond acceptors (Lipinski definition) is 3. The standard InChI is InChI=1S/C19H26BrN3OS.BrH/c1-22-18(23(14-24)12-15-7-6-8-16(20)11-15)13-25-19(22)21-17-9-4-2-3-5-10-17;/h6-8,11,14,17-18H,2-5,9-10,12-13H2,1H3;1H. The van der Waals surface area contributed by atoms with Gasteiger partial charge < -0.3 is 9.80 Å². The van der Waals surface area contributed by atoms with E-state index in [1.807, 2.05) is 17.0 Å². The van der Waals surface area contributed by atoms with Crippen LogP contribution in [0.25, 0.3) is 0 Å². The minimum atomic E-state index is 0. The Bertz CT molecular complexity index is 621. The molecule has 7 heteroatoms. The Kier molecular flexibility index (Phi) is 8.97. The normalized spacial score (nSPS) is 22.8. The summed E-state index contributed by atoms with van der Waals surface area (Å²) >= 11 is 5.28. The molecule has 144 valence electrons. The second kappa shape index (κ2) is 10.7. The Labute approximate surface area is 179 Å². The van der Waals surface area contributed by atoms with Crippen LogP contribution in [0.5, 0.6) is 0 Å². The maximum absolute atomic E-state index is 11.7. The highest BCUT2D eigenvalue weighted by Gasteiger charge is 2.32. The van der Waals surface area contributed by atoms with Crippen LogP contribution in [0.3, 0.4) is 0 Å². The van der Waals surface area contributed by atoms with Crippen molar-refractivity contribution in [3.63, 3.8) is 0 Å². The van der Waals surface area contributed by atoms with Crippen molar-refractivity contribution in [3.8, 4) is 0 Å². The quantitative estimate of drug-likeness (QED) is 0.415. The van der Waals surface area contributed by atoms with Gasteiger partial charge in [-0.3, -0.25) is 9.79 Å². The number of carbonyl (C=O) groups excluding carboxylic acids is 1. The Balaban J connectivity index is 0.00000243. The van der Waals surface area contributed by atoms with Gasteiger partial charge in [-0.15, -0.1) is 17.0 Å². The first-order chi connectivity index (χ1) is 12.2. The number of halogens is 2. The Hall–Kier alpha value is -0.530. The van der Waals surface area contributed by atoms with Gasteiger partial charge in [0, 0.05) is 23.8 Å². The average Bonchev–Trinajstić information content (AvgIpc) is 2.81. The smallest absolute Gasteiger partial charge is 0.211 e. The van der Waals surface area contributed by atoms with Gasteiger partial charge in [0.05, 0.1) is 6.04 Å². The van der Waals surface area contributed by atoms with E-state index in [2.05, 4.69) is 40.0 Å². The molecule has 0 bridgehead atoms. The second-order valence-corrected chi connectivity index (χ2v) is 8.77. The van der Waals surface area contributed by atoms with Gasteiger partial charge >= 0.3 is 0 Å². The first kappa shape index (κ1) is 21.8. The number of rotatable bonds is 5. The van der Waals surface area contributed by atoms with E-state index >= 15 is 0 Å². The molecule has 3 rings (SSSR count). The third kappa shape index (κ3) is 5.73. The fraction of sp³-hybridized carbons (Fsp3) is 0.579. The molecule has 2 aliphatic rings. The van der Waals surface area contributed by atoms with Gasteiger partial charge in [0.2, 0.25) is 6.41 Å². The number of nitrogens with zero attached hydrogens (tertiary/aromatic N) is 3. The molecule has 0 N–H and O–H groups in total. The van der Waals surface area contributed by atoms with E-state index in [4.69, 9.17) is 4.99 Å². The van der Waals surface area contributed by atoms with E-state index in [-0.39, 0.29) is 23.1 Å². The van der Waals surface area contributed by atoms with Crippen molar-refractivity contribution in [2.24, 2.45) is 4.99 Å². The Morgan fingerprint density at radius 1 is 1.31 bits per heavy atom. The molecule has 1 aliphatic heterocycles. The monoisotopic (exact) mass is 503 g/mol. The summed E-state index contributed by atoms with van der Waals surface area (Å²) in [6, 6.07) is 8.60. The van der Waals surface area contributed by atoms with E-state index in [1.165, 1.54) is 38.5 Å². The van der Waals surface area contributed by atoms with Gasteiger partial charge in [-0.25, -0.2) is 0 Å². The predicted molar refractivity (Wildman–Crippen MR) is 119 cm³/mol. The van der Waals surface area contributed by atoms with Gasteiger partial charge in [-0.2, -0.15) is 0 Å². The van der Waals surface area contributed by atoms with Crippen LogP contribution < -0.4 is 0 Å². The average molecular weight is 505 g/mol. The fourth-order valence-corrected chi connectivity index (χ4v) is 5.25. The summed E-state index contributed by atoms with van der Waals surface area (Å²) < 4.78 is 1.04. The number of aliphatic imine (C=N–C) groups is 1. The summed E-state index contributed by atoms with van der Waals surface area (Å²) in [6.45, 7) is 0.620. The molecule has 1 unspecified atom stereocenters. The lowest BCUT2D eigenvalue weighted by Gasteiger charge is -2.30. The van der Waals surface area contributed by atoms with E-state index in [0.29, 0.717) is 12.6 Å². The van der Waals surface area contributed by atoms with Gasteiger partial charge in [0.1, 0.15) is 6.17 Å². The van der Waals surface area contributed by atoms with Gasteiger partial charge in [-0.05, 0) is 30.5 Å². The molecule has 1 aromatic rings. The third-order valence-electron chi connectivity index (χ3n) is 5.00. The first-order valence-electron chi connectivity index (χ1n) is 9.06. The van der Waals surface area contributed by atoms with E-state index < -0.39 is 0 Å². The highest BCUT2D eigenvalue weighted by atomic mass is 79.9. The molecule has 0 spiro atoms. The summed E-state index contributed by atoms with van der Waals surface area (Å²) in [7, 11) is 2.07. The van der Waals surface area contributed by atoms with Crippen LogP contribution in [0.2, 0.25) is 0 Å². The van der Waals surface area contributed by atoms with Gasteiger partial charge in [-0.1, -0.05) is 65.5 Å². The highest BCUT2D eigenvalue weighted by Crippen LogP contribution is 2.28. The van der Waals surface area contributed by atoms with Gasteiger partial charge in [0.15, 0.2) is 5.17 Å². The summed E-state index contributed by atoms with van der Waals surface area (Å²) in [5.41, 5.74) is 1.13. The molecule has 1 atom stereocenters. The first-order valence-corrected chi connectivity index (χ1v) is 10.8. The summed E-state index contributed by atoms with van der Waals surface area (Å²) in [4.78, 5) is 20.8. The molecule has 4 nitrogen and oxygen atoms in total. The minimum Gasteiger partial charge on any atom is -0.333 e. The Morgan fingerprint density at radius 3 is 2.69 bits per heavy atom. The number of amidine groups is 1. The number of carbonyl (C=O) groups is 1. The van der Waals surface area contributed by atoms with Crippen molar-refractivity contribution in [1.29, 1.82) is 0 Å². The molecule has 1 amide bonds. The van der Waals surface area contributed by atoms with E-state index in [0.717, 1.165) is 27.4 Å². The van der Waals surface area contributed by atoms with Crippen molar-refractivity contribution in [2.45, 2.75) is 57.3 Å². The molecule has 1 heterocycles. The number of benzene rings is 1. The van der Waals surface area contributed by atoms with E-state index in [9.17, 15) is 4.79 Å². The number of thioether (sulfide) groups is 1. The fourth-order valence-electron chi connectivity index (χ4n) is 3.54. The van der Waals surface area contributed by atoms with Crippen molar-refractivity contribution in [3.05, 3.63) is 34.3 Å². The van der Waals surface area contributed by atoms with Crippen molar-refractivity contribution >= 4 is 56.3 Å². The minimum absolute atomic E-state index is 0. The number of hydrogen-bond donors (Lipinski definition) is 0. The lowest BCUT2D eigenvalue weighted by atomic mass is 10.1. The molecule has 26 heavy (non-hydrogen) atoms. The summed E-state index contributed by atoms with van der Waals surface area (Å²) in [5.74, 6) is 0.884. The predicted octanol–water partition coefficient (Wildman–Crippen LogP) is 5.07. The molecule has 1 aromatic carbocycles. The van der Waals surface area contributed by atoms with Crippen LogP contribution in [0, 0.1) is 0 Å². The molecule has 1 aliphatic carbocycles. The van der Waals surface area contributed by atoms with Crippen LogP contribution in [0.1, 0.15) is 44.1 Å². The van der Waals surface area contributed by atoms with Crippen LogP contribution in [-0.2, 0) is 11.3 Å². The Morgan fingerprint density at radius 2 is 2.04 bits per heavy atom. The zero-order valence-electron chi connectivity index (χ0n) is 15.1. The van der Waals surface area contributed by atoms with Crippen molar-refractivity contribution < 1.29 is 4.79 Å². The molecule has 0 aromatic heterocycles. The zero-order chi connectivity index (χ0) is 17.6. The molecular weight excluding hydrogens is 478 g/mol. The van der Waals surface area contributed by atoms with Crippen LogP contribution in [-0.4, -0.2) is 46.4 Å². The van der Waals surface area contributed by atoms with E-state index in [1.54, 1.807) is 11.8 Å². The molecule has 1 saturated heterocycles. The van der Waals surface area contributed by atoms with Crippen LogP contribution in [0.4, 0.5) is 0 Å². The second-order valence-electron chi connectivity index (χ2n) is 6.87. The third-order valence-corrected chi connectivity index (χ3v) is 6.61. The lowest BCUT2D eigenvalue weighted by Crippen LogP contribution is -2.44. The summed E-state index contributed by atoms with van der Waals surface area (Å²) in [5, 5.41) is 1.10.